The summed E-state index contributed by atoms with van der Waals surface area (Å²) in [5.41, 5.74) is 0.363. The molecule has 2 amide bonds. The molecule has 0 aliphatic rings. The second-order valence-electron chi connectivity index (χ2n) is 6.17. The third kappa shape index (κ3) is 6.95. The first-order valence-electron chi connectivity index (χ1n) is 8.63. The number of hydrogen-bond acceptors (Lipinski definition) is 4. The minimum Gasteiger partial charge on any atom is -0.456 e. The Hall–Kier alpha value is -3.36. The van der Waals surface area contributed by atoms with Gasteiger partial charge in [0.15, 0.2) is 6.61 Å². The molecule has 0 heterocycles. The molecule has 0 bridgehead atoms. The maximum atomic E-state index is 13.5. The average Bonchev–Trinajstić information content (AvgIpc) is 2.67. The first kappa shape index (κ1) is 21.9. The van der Waals surface area contributed by atoms with Gasteiger partial charge in [0.25, 0.3) is 11.8 Å². The third-order valence-electron chi connectivity index (χ3n) is 3.91. The summed E-state index contributed by atoms with van der Waals surface area (Å²) in [7, 11) is 1.51. The highest BCUT2D eigenvalue weighted by molar-refractivity contribution is 5.94. The lowest BCUT2D eigenvalue weighted by Crippen LogP contribution is -2.32. The standard InChI is InChI=1S/C20H19F3N2O4/c1-25(11-13-2-4-14(21)5-3-13)18(26)12-29-19(27)8-9-24-20(28)16-7-6-15(22)10-17(16)23/h2-7,10H,8-9,11-12H2,1H3,(H,24,28). The summed E-state index contributed by atoms with van der Waals surface area (Å²) in [6.07, 6.45) is -0.233. The summed E-state index contributed by atoms with van der Waals surface area (Å²) in [6, 6.07) is 8.15. The van der Waals surface area contributed by atoms with Gasteiger partial charge in [-0.1, -0.05) is 12.1 Å². The molecule has 0 unspecified atom stereocenters. The second kappa shape index (κ2) is 10.3. The normalized spacial score (nSPS) is 10.3. The van der Waals surface area contributed by atoms with Crippen LogP contribution in [-0.2, 0) is 20.9 Å². The summed E-state index contributed by atoms with van der Waals surface area (Å²) >= 11 is 0. The molecule has 0 radical (unpaired) electrons. The summed E-state index contributed by atoms with van der Waals surface area (Å²) < 4.78 is 44.1. The van der Waals surface area contributed by atoms with Gasteiger partial charge in [-0.3, -0.25) is 14.4 Å². The van der Waals surface area contributed by atoms with E-state index in [2.05, 4.69) is 5.32 Å². The van der Waals surface area contributed by atoms with Crippen LogP contribution in [0.1, 0.15) is 22.3 Å². The number of halogens is 3. The number of rotatable bonds is 8. The van der Waals surface area contributed by atoms with Crippen LogP contribution in [0.2, 0.25) is 0 Å². The summed E-state index contributed by atoms with van der Waals surface area (Å²) in [5, 5.41) is 2.31. The number of carbonyl (C=O) groups excluding carboxylic acids is 3. The number of likely N-dealkylation sites (N-methyl/N-ethyl adjacent to an activating group) is 1. The van der Waals surface area contributed by atoms with Crippen LogP contribution in [-0.4, -0.2) is 42.9 Å². The maximum Gasteiger partial charge on any atom is 0.308 e. The van der Waals surface area contributed by atoms with Crippen LogP contribution in [0.25, 0.3) is 0 Å². The molecule has 0 fully saturated rings. The zero-order valence-electron chi connectivity index (χ0n) is 15.6. The van der Waals surface area contributed by atoms with E-state index in [1.807, 2.05) is 0 Å². The Morgan fingerprint density at radius 2 is 1.66 bits per heavy atom. The lowest BCUT2D eigenvalue weighted by Gasteiger charge is -2.17. The molecule has 154 valence electrons. The van der Waals surface area contributed by atoms with Crippen molar-refractivity contribution in [3.8, 4) is 0 Å². The summed E-state index contributed by atoms with van der Waals surface area (Å²) in [6.45, 7) is -0.416. The summed E-state index contributed by atoms with van der Waals surface area (Å²) in [4.78, 5) is 36.8. The van der Waals surface area contributed by atoms with Gasteiger partial charge >= 0.3 is 5.97 Å². The highest BCUT2D eigenvalue weighted by Gasteiger charge is 2.15. The molecule has 0 aliphatic heterocycles. The highest BCUT2D eigenvalue weighted by atomic mass is 19.1. The van der Waals surface area contributed by atoms with Crippen molar-refractivity contribution in [2.75, 3.05) is 20.2 Å². The third-order valence-corrected chi connectivity index (χ3v) is 3.91. The van der Waals surface area contributed by atoms with E-state index in [0.29, 0.717) is 11.6 Å². The predicted octanol–water partition coefficient (Wildman–Crippen LogP) is 2.43. The molecule has 6 nitrogen and oxygen atoms in total. The SMILES string of the molecule is CN(Cc1ccc(F)cc1)C(=O)COC(=O)CCNC(=O)c1ccc(F)cc1F. The van der Waals surface area contributed by atoms with E-state index in [1.165, 1.54) is 36.2 Å². The van der Waals surface area contributed by atoms with Gasteiger partial charge < -0.3 is 15.0 Å². The van der Waals surface area contributed by atoms with E-state index in [4.69, 9.17) is 4.74 Å². The Morgan fingerprint density at radius 3 is 2.31 bits per heavy atom. The molecular weight excluding hydrogens is 389 g/mol. The largest absolute Gasteiger partial charge is 0.456 e. The van der Waals surface area contributed by atoms with Crippen molar-refractivity contribution in [3.05, 3.63) is 71.0 Å². The van der Waals surface area contributed by atoms with Crippen LogP contribution in [0.15, 0.2) is 42.5 Å². The van der Waals surface area contributed by atoms with Crippen LogP contribution in [0.4, 0.5) is 13.2 Å². The zero-order chi connectivity index (χ0) is 21.4. The predicted molar refractivity (Wildman–Crippen MR) is 97.1 cm³/mol. The van der Waals surface area contributed by atoms with Gasteiger partial charge in [0.1, 0.15) is 17.5 Å². The van der Waals surface area contributed by atoms with E-state index < -0.39 is 36.0 Å². The summed E-state index contributed by atoms with van der Waals surface area (Å²) in [5.74, 6) is -4.19. The fourth-order valence-electron chi connectivity index (χ4n) is 2.32. The molecule has 2 rings (SSSR count). The zero-order valence-corrected chi connectivity index (χ0v) is 15.6. The molecule has 0 saturated heterocycles. The second-order valence-corrected chi connectivity index (χ2v) is 6.17. The lowest BCUT2D eigenvalue weighted by atomic mass is 10.2. The van der Waals surface area contributed by atoms with Crippen molar-refractivity contribution >= 4 is 17.8 Å². The number of nitrogens with zero attached hydrogens (tertiary/aromatic N) is 1. The Morgan fingerprint density at radius 1 is 1.00 bits per heavy atom. The van der Waals surface area contributed by atoms with E-state index >= 15 is 0 Å². The van der Waals surface area contributed by atoms with Crippen molar-refractivity contribution in [1.29, 1.82) is 0 Å². The number of nitrogens with one attached hydrogen (secondary N) is 1. The minimum absolute atomic E-state index is 0.145. The molecule has 0 spiro atoms. The van der Waals surface area contributed by atoms with Gasteiger partial charge in [0, 0.05) is 26.2 Å². The molecular formula is C20H19F3N2O4. The number of hydrogen-bond donors (Lipinski definition) is 1. The molecule has 2 aromatic carbocycles. The Bertz CT molecular complexity index is 888. The lowest BCUT2D eigenvalue weighted by molar-refractivity contribution is -0.151. The molecule has 9 heteroatoms. The van der Waals surface area contributed by atoms with Gasteiger partial charge in [0.2, 0.25) is 0 Å². The number of esters is 1. The highest BCUT2D eigenvalue weighted by Crippen LogP contribution is 2.09. The maximum absolute atomic E-state index is 13.5. The average molecular weight is 408 g/mol. The molecule has 29 heavy (non-hydrogen) atoms. The van der Waals surface area contributed by atoms with Crippen molar-refractivity contribution < 1.29 is 32.3 Å². The van der Waals surface area contributed by atoms with Crippen LogP contribution in [0.5, 0.6) is 0 Å². The Labute approximate surface area is 165 Å². The van der Waals surface area contributed by atoms with E-state index in [-0.39, 0.29) is 30.9 Å². The van der Waals surface area contributed by atoms with E-state index in [0.717, 1.165) is 12.1 Å². The topological polar surface area (TPSA) is 75.7 Å². The van der Waals surface area contributed by atoms with Crippen molar-refractivity contribution in [2.24, 2.45) is 0 Å². The molecule has 0 aromatic heterocycles. The molecule has 1 N–H and O–H groups in total. The van der Waals surface area contributed by atoms with Gasteiger partial charge in [0.05, 0.1) is 12.0 Å². The smallest absolute Gasteiger partial charge is 0.308 e. The van der Waals surface area contributed by atoms with Gasteiger partial charge in [-0.25, -0.2) is 13.2 Å². The number of amides is 2. The molecule has 0 atom stereocenters. The van der Waals surface area contributed by atoms with Gasteiger partial charge in [-0.2, -0.15) is 0 Å². The molecule has 0 aliphatic carbocycles. The van der Waals surface area contributed by atoms with Gasteiger partial charge in [-0.05, 0) is 29.8 Å². The number of carbonyl (C=O) groups is 3. The van der Waals surface area contributed by atoms with E-state index in [9.17, 15) is 27.6 Å². The molecule has 0 saturated carbocycles. The minimum atomic E-state index is -1.01. The first-order valence-corrected chi connectivity index (χ1v) is 8.63. The van der Waals surface area contributed by atoms with Crippen molar-refractivity contribution in [3.63, 3.8) is 0 Å². The number of ether oxygens (including phenoxy) is 1. The fourth-order valence-corrected chi connectivity index (χ4v) is 2.32. The van der Waals surface area contributed by atoms with Crippen LogP contribution in [0.3, 0.4) is 0 Å². The first-order chi connectivity index (χ1) is 13.8. The van der Waals surface area contributed by atoms with Crippen LogP contribution >= 0.6 is 0 Å². The quantitative estimate of drug-likeness (QED) is 0.681. The van der Waals surface area contributed by atoms with E-state index in [1.54, 1.807) is 0 Å². The van der Waals surface area contributed by atoms with Crippen LogP contribution in [0, 0.1) is 17.5 Å². The monoisotopic (exact) mass is 408 g/mol. The number of benzene rings is 2. The van der Waals surface area contributed by atoms with Crippen LogP contribution < -0.4 is 5.32 Å². The van der Waals surface area contributed by atoms with Crippen molar-refractivity contribution in [2.45, 2.75) is 13.0 Å². The van der Waals surface area contributed by atoms with Gasteiger partial charge in [-0.15, -0.1) is 0 Å². The Balaban J connectivity index is 1.70. The van der Waals surface area contributed by atoms with Crippen molar-refractivity contribution in [1.82, 2.24) is 10.2 Å². The fraction of sp³-hybridized carbons (Fsp3) is 0.250. The molecule has 2 aromatic rings. The Kier molecular flexibility index (Phi) is 7.76.